The van der Waals surface area contributed by atoms with Gasteiger partial charge in [0.2, 0.25) is 9.84 Å². The fourth-order valence-corrected chi connectivity index (χ4v) is 9.39. The molecule has 0 saturated carbocycles. The molecule has 1 unspecified atom stereocenters. The van der Waals surface area contributed by atoms with Crippen molar-refractivity contribution in [2.75, 3.05) is 19.0 Å². The van der Waals surface area contributed by atoms with Crippen molar-refractivity contribution >= 4 is 43.2 Å². The first kappa shape index (κ1) is 30.5. The SMILES string of the molecule is CC1=C(C(=O)OCCCOC(=O)c2ccccc2)C(c2c(F)cccc2Cl)C2=C(CS(=O)(=O)c3ccccc3S2(=O)=O)N1. The minimum atomic E-state index is -4.62. The van der Waals surface area contributed by atoms with Crippen LogP contribution in [0.2, 0.25) is 5.02 Å². The number of sulfone groups is 2. The van der Waals surface area contributed by atoms with Crippen LogP contribution in [0.1, 0.15) is 35.2 Å². The molecular weight excluding hydrogens is 621 g/mol. The number of nitrogens with one attached hydrogen (secondary N) is 1. The number of ether oxygens (including phenoxy) is 2. The van der Waals surface area contributed by atoms with E-state index in [9.17, 15) is 26.4 Å². The summed E-state index contributed by atoms with van der Waals surface area (Å²) in [7, 11) is -8.78. The third kappa shape index (κ3) is 5.82. The summed E-state index contributed by atoms with van der Waals surface area (Å²) in [4.78, 5) is 24.3. The van der Waals surface area contributed by atoms with Crippen LogP contribution in [0.4, 0.5) is 4.39 Å². The molecule has 224 valence electrons. The van der Waals surface area contributed by atoms with Crippen LogP contribution >= 0.6 is 11.6 Å². The highest BCUT2D eigenvalue weighted by Gasteiger charge is 2.47. The molecule has 13 heteroatoms. The topological polar surface area (TPSA) is 133 Å². The third-order valence-electron chi connectivity index (χ3n) is 6.96. The molecule has 3 aromatic rings. The number of fused-ring (bicyclic) bond motifs is 1. The second kappa shape index (κ2) is 11.9. The van der Waals surface area contributed by atoms with Gasteiger partial charge >= 0.3 is 11.9 Å². The maximum atomic E-state index is 15.5. The lowest BCUT2D eigenvalue weighted by Gasteiger charge is -2.31. The molecule has 43 heavy (non-hydrogen) atoms. The highest BCUT2D eigenvalue weighted by Crippen LogP contribution is 2.48. The Morgan fingerprint density at radius 1 is 0.884 bits per heavy atom. The van der Waals surface area contributed by atoms with Gasteiger partial charge < -0.3 is 14.8 Å². The Kier molecular flexibility index (Phi) is 8.46. The first-order chi connectivity index (χ1) is 20.4. The number of halogens is 2. The van der Waals surface area contributed by atoms with Gasteiger partial charge in [0.05, 0.1) is 50.7 Å². The van der Waals surface area contributed by atoms with Gasteiger partial charge in [0.1, 0.15) is 5.82 Å². The number of benzene rings is 3. The van der Waals surface area contributed by atoms with Crippen molar-refractivity contribution in [2.24, 2.45) is 0 Å². The molecular formula is C30H25ClFNO8S2. The number of carbonyl (C=O) groups is 2. The van der Waals surface area contributed by atoms with Gasteiger partial charge in [0.15, 0.2) is 9.84 Å². The van der Waals surface area contributed by atoms with E-state index in [4.69, 9.17) is 21.1 Å². The highest BCUT2D eigenvalue weighted by atomic mass is 35.5. The second-order valence-corrected chi connectivity index (χ2v) is 14.0. The maximum absolute atomic E-state index is 15.5. The molecule has 0 spiro atoms. The van der Waals surface area contributed by atoms with Crippen LogP contribution in [-0.4, -0.2) is 47.7 Å². The van der Waals surface area contributed by atoms with E-state index < -0.39 is 63.8 Å². The lowest BCUT2D eigenvalue weighted by molar-refractivity contribution is -0.139. The van der Waals surface area contributed by atoms with E-state index in [1.165, 1.54) is 37.3 Å². The van der Waals surface area contributed by atoms with Crippen LogP contribution in [0.3, 0.4) is 0 Å². The van der Waals surface area contributed by atoms with Gasteiger partial charge in [-0.25, -0.2) is 30.8 Å². The normalized spacial score (nSPS) is 18.5. The fourth-order valence-electron chi connectivity index (χ4n) is 5.07. The van der Waals surface area contributed by atoms with Gasteiger partial charge in [-0.15, -0.1) is 0 Å². The van der Waals surface area contributed by atoms with E-state index in [-0.39, 0.29) is 47.2 Å². The van der Waals surface area contributed by atoms with E-state index in [0.29, 0.717) is 5.56 Å². The van der Waals surface area contributed by atoms with Crippen LogP contribution in [0.5, 0.6) is 0 Å². The summed E-state index contributed by atoms with van der Waals surface area (Å²) in [6.07, 6.45) is 0.118. The van der Waals surface area contributed by atoms with Crippen LogP contribution in [0.25, 0.3) is 0 Å². The standard InChI is InChI=1S/C30H25ClFNO8S2/c1-18-25(30(35)41-16-8-15-40-29(34)19-9-3-2-4-10-19)27(26-20(31)11-7-12-21(26)32)28-22(33-18)17-42(36,37)23-13-5-6-14-24(23)43(28,38)39/h2-7,9-14,27,33H,8,15-17H2,1H3. The molecule has 0 aliphatic carbocycles. The number of hydrogen-bond acceptors (Lipinski definition) is 9. The lowest BCUT2D eigenvalue weighted by atomic mass is 9.86. The summed E-state index contributed by atoms with van der Waals surface area (Å²) in [5.74, 6) is -4.80. The third-order valence-corrected chi connectivity index (χ3v) is 11.1. The summed E-state index contributed by atoms with van der Waals surface area (Å²) in [6, 6.07) is 17.2. The molecule has 0 amide bonds. The lowest BCUT2D eigenvalue weighted by Crippen LogP contribution is -2.34. The molecule has 2 heterocycles. The van der Waals surface area contributed by atoms with Gasteiger partial charge in [-0.2, -0.15) is 0 Å². The first-order valence-electron chi connectivity index (χ1n) is 13.0. The zero-order valence-electron chi connectivity index (χ0n) is 22.7. The monoisotopic (exact) mass is 645 g/mol. The Morgan fingerprint density at radius 2 is 1.51 bits per heavy atom. The number of allylic oxidation sites excluding steroid dienone is 2. The van der Waals surface area contributed by atoms with Crippen LogP contribution in [-0.2, 0) is 33.9 Å². The highest BCUT2D eigenvalue weighted by molar-refractivity contribution is 7.97. The molecule has 0 fully saturated rings. The Hall–Kier alpha value is -4.00. The molecule has 1 N–H and O–H groups in total. The van der Waals surface area contributed by atoms with Crippen molar-refractivity contribution in [2.45, 2.75) is 29.1 Å². The molecule has 2 aliphatic heterocycles. The number of dihydropyridines is 1. The molecule has 3 aromatic carbocycles. The largest absolute Gasteiger partial charge is 0.462 e. The van der Waals surface area contributed by atoms with Crippen molar-refractivity contribution in [3.63, 3.8) is 0 Å². The molecule has 0 bridgehead atoms. The number of carbonyl (C=O) groups excluding carboxylic acids is 2. The molecule has 2 aliphatic rings. The zero-order chi connectivity index (χ0) is 30.9. The van der Waals surface area contributed by atoms with Gasteiger partial charge in [-0.3, -0.25) is 0 Å². The maximum Gasteiger partial charge on any atom is 0.338 e. The fraction of sp³-hybridized carbons (Fsp3) is 0.200. The number of esters is 2. The summed E-state index contributed by atoms with van der Waals surface area (Å²) in [5, 5.41) is 2.61. The number of rotatable bonds is 7. The molecule has 0 aromatic heterocycles. The summed E-state index contributed by atoms with van der Waals surface area (Å²) < 4.78 is 81.0. The predicted octanol–water partition coefficient (Wildman–Crippen LogP) is 4.70. The Morgan fingerprint density at radius 3 is 2.19 bits per heavy atom. The first-order valence-corrected chi connectivity index (χ1v) is 16.6. The van der Waals surface area contributed by atoms with Crippen molar-refractivity contribution in [3.05, 3.63) is 117 Å². The smallest absolute Gasteiger partial charge is 0.338 e. The van der Waals surface area contributed by atoms with E-state index >= 15 is 4.39 Å². The van der Waals surface area contributed by atoms with Crippen molar-refractivity contribution in [1.29, 1.82) is 0 Å². The van der Waals surface area contributed by atoms with Crippen molar-refractivity contribution < 1.29 is 40.3 Å². The molecule has 9 nitrogen and oxygen atoms in total. The zero-order valence-corrected chi connectivity index (χ0v) is 25.1. The van der Waals surface area contributed by atoms with E-state index in [1.54, 1.807) is 30.3 Å². The van der Waals surface area contributed by atoms with Crippen LogP contribution < -0.4 is 5.32 Å². The number of hydrogen-bond donors (Lipinski definition) is 1. The van der Waals surface area contributed by atoms with Gasteiger partial charge in [-0.05, 0) is 43.3 Å². The Labute approximate surface area is 252 Å². The van der Waals surface area contributed by atoms with Crippen LogP contribution in [0.15, 0.2) is 104 Å². The van der Waals surface area contributed by atoms with Crippen LogP contribution in [0, 0.1) is 5.82 Å². The average Bonchev–Trinajstić information content (AvgIpc) is 3.02. The van der Waals surface area contributed by atoms with Gasteiger partial charge in [0, 0.05) is 28.4 Å². The quantitative estimate of drug-likeness (QED) is 0.287. The summed E-state index contributed by atoms with van der Waals surface area (Å²) in [5.41, 5.74) is -0.369. The van der Waals surface area contributed by atoms with Crippen molar-refractivity contribution in [3.8, 4) is 0 Å². The van der Waals surface area contributed by atoms with E-state index in [1.807, 2.05) is 0 Å². The second-order valence-electron chi connectivity index (χ2n) is 9.78. The Balaban J connectivity index is 1.49. The van der Waals surface area contributed by atoms with Crippen molar-refractivity contribution in [1.82, 2.24) is 5.32 Å². The van der Waals surface area contributed by atoms with Gasteiger partial charge in [-0.1, -0.05) is 48.0 Å². The Bertz CT molecular complexity index is 1880. The van der Waals surface area contributed by atoms with E-state index in [2.05, 4.69) is 5.32 Å². The average molecular weight is 646 g/mol. The molecule has 0 radical (unpaired) electrons. The minimum Gasteiger partial charge on any atom is -0.462 e. The predicted molar refractivity (Wildman–Crippen MR) is 155 cm³/mol. The molecule has 5 rings (SSSR count). The summed E-state index contributed by atoms with van der Waals surface area (Å²) >= 11 is 6.41. The molecule has 1 atom stereocenters. The molecule has 0 saturated heterocycles. The minimum absolute atomic E-state index is 0.0694. The van der Waals surface area contributed by atoms with E-state index in [0.717, 1.165) is 12.1 Å². The summed E-state index contributed by atoms with van der Waals surface area (Å²) in [6.45, 7) is 1.14. The van der Waals surface area contributed by atoms with Gasteiger partial charge in [0.25, 0.3) is 0 Å².